The molecule has 3 rings (SSSR count). The van der Waals surface area contributed by atoms with Gasteiger partial charge in [-0.2, -0.15) is 5.10 Å². The Hall–Kier alpha value is -2.44. The van der Waals surface area contributed by atoms with Gasteiger partial charge in [-0.25, -0.2) is 13.2 Å². The van der Waals surface area contributed by atoms with Gasteiger partial charge in [0.15, 0.2) is 17.5 Å². The van der Waals surface area contributed by atoms with E-state index in [2.05, 4.69) is 10.1 Å². The summed E-state index contributed by atoms with van der Waals surface area (Å²) in [6.07, 6.45) is -1.91. The zero-order chi connectivity index (χ0) is 24.0. The van der Waals surface area contributed by atoms with Gasteiger partial charge in [0, 0.05) is 11.8 Å². The van der Waals surface area contributed by atoms with E-state index in [0.717, 1.165) is 11.8 Å². The fourth-order valence-electron chi connectivity index (χ4n) is 3.36. The van der Waals surface area contributed by atoms with Crippen molar-refractivity contribution in [1.82, 2.24) is 0 Å². The molecule has 0 aliphatic carbocycles. The summed E-state index contributed by atoms with van der Waals surface area (Å²) in [6, 6.07) is 9.96. The Morgan fingerprint density at radius 1 is 1.09 bits per heavy atom. The van der Waals surface area contributed by atoms with Crippen LogP contribution in [0.2, 0.25) is 0 Å². The van der Waals surface area contributed by atoms with Gasteiger partial charge in [0.05, 0.1) is 6.61 Å². The van der Waals surface area contributed by atoms with Crippen LogP contribution in [0, 0.1) is 17.5 Å². The monoisotopic (exact) mass is 483 g/mol. The largest absolute Gasteiger partial charge is 0.394 e. The average molecular weight is 484 g/mol. The normalized spacial score (nSPS) is 26.1. The first kappa shape index (κ1) is 25.2. The number of aliphatic hydroxyl groups is 3. The van der Waals surface area contributed by atoms with Crippen molar-refractivity contribution in [3.8, 4) is 0 Å². The van der Waals surface area contributed by atoms with E-state index in [9.17, 15) is 28.5 Å². The standard InChI is InChI=1S/C22H24F3N3O4S/c23-14-8-13(9-15(24)18(14)25)16(28-26)10-27-19-20(30)17(11-29)32-22(21(19)31)33-7-6-12-4-2-1-3-5-12/h1-5,8-10,17,19-22,29-31H,6-7,11,26H2/t17?,19?,20-,21?,22+/m0/s1. The van der Waals surface area contributed by atoms with E-state index < -0.39 is 53.8 Å². The first-order chi connectivity index (χ1) is 15.8. The predicted octanol–water partition coefficient (Wildman–Crippen LogP) is 1.62. The van der Waals surface area contributed by atoms with Crippen LogP contribution in [0.4, 0.5) is 13.2 Å². The van der Waals surface area contributed by atoms with Crippen LogP contribution in [-0.2, 0) is 11.2 Å². The minimum absolute atomic E-state index is 0.179. The van der Waals surface area contributed by atoms with Crippen LogP contribution in [0.5, 0.6) is 0 Å². The van der Waals surface area contributed by atoms with Gasteiger partial charge in [-0.05, 0) is 29.9 Å². The van der Waals surface area contributed by atoms with E-state index in [-0.39, 0.29) is 11.3 Å². The van der Waals surface area contributed by atoms with Crippen molar-refractivity contribution in [1.29, 1.82) is 0 Å². The van der Waals surface area contributed by atoms with Gasteiger partial charge in [-0.15, -0.1) is 11.8 Å². The number of benzene rings is 2. The Morgan fingerprint density at radius 2 is 1.76 bits per heavy atom. The Labute approximate surface area is 192 Å². The lowest BCUT2D eigenvalue weighted by Crippen LogP contribution is -2.57. The van der Waals surface area contributed by atoms with Crippen LogP contribution >= 0.6 is 11.8 Å². The first-order valence-corrected chi connectivity index (χ1v) is 11.1. The highest BCUT2D eigenvalue weighted by atomic mass is 32.2. The zero-order valence-corrected chi connectivity index (χ0v) is 18.2. The maximum Gasteiger partial charge on any atom is 0.194 e. The van der Waals surface area contributed by atoms with Crippen molar-refractivity contribution in [2.24, 2.45) is 15.9 Å². The van der Waals surface area contributed by atoms with Gasteiger partial charge in [0.1, 0.15) is 35.5 Å². The molecule has 1 heterocycles. The second-order valence-electron chi connectivity index (χ2n) is 7.35. The number of ether oxygens (including phenoxy) is 1. The molecule has 1 aliphatic rings. The third kappa shape index (κ3) is 6.12. The summed E-state index contributed by atoms with van der Waals surface area (Å²) in [7, 11) is 0. The summed E-state index contributed by atoms with van der Waals surface area (Å²) in [5.41, 5.74) is -0.0738. The molecule has 178 valence electrons. The summed E-state index contributed by atoms with van der Waals surface area (Å²) in [5, 5.41) is 34.2. The molecule has 1 aliphatic heterocycles. The Kier molecular flexibility index (Phi) is 8.87. The predicted molar refractivity (Wildman–Crippen MR) is 120 cm³/mol. The molecule has 33 heavy (non-hydrogen) atoms. The molecule has 0 spiro atoms. The fourth-order valence-corrected chi connectivity index (χ4v) is 4.53. The Balaban J connectivity index is 1.74. The van der Waals surface area contributed by atoms with Gasteiger partial charge < -0.3 is 25.9 Å². The number of aliphatic imine (C=N–C) groups is 1. The summed E-state index contributed by atoms with van der Waals surface area (Å²) < 4.78 is 46.0. The minimum atomic E-state index is -1.64. The van der Waals surface area contributed by atoms with E-state index in [1.807, 2.05) is 30.3 Å². The van der Waals surface area contributed by atoms with Gasteiger partial charge in [0.25, 0.3) is 0 Å². The van der Waals surface area contributed by atoms with Crippen molar-refractivity contribution in [3.63, 3.8) is 0 Å². The summed E-state index contributed by atoms with van der Waals surface area (Å²) in [5.74, 6) is 1.40. The van der Waals surface area contributed by atoms with Crippen LogP contribution in [0.3, 0.4) is 0 Å². The Bertz CT molecular complexity index is 973. The number of aryl methyl sites for hydroxylation is 1. The molecule has 7 nitrogen and oxygen atoms in total. The minimum Gasteiger partial charge on any atom is -0.394 e. The van der Waals surface area contributed by atoms with E-state index in [0.29, 0.717) is 24.3 Å². The SMILES string of the molecule is NN=C(C=NC1C(O)[C@@H](SCCc2ccccc2)OC(CO)[C@@H]1O)c1cc(F)c(F)c(F)c1. The average Bonchev–Trinajstić information content (AvgIpc) is 2.81. The topological polar surface area (TPSA) is 121 Å². The first-order valence-electron chi connectivity index (χ1n) is 10.1. The Morgan fingerprint density at radius 3 is 2.36 bits per heavy atom. The fraction of sp³-hybridized carbons (Fsp3) is 0.364. The number of halogens is 3. The number of rotatable bonds is 8. The molecule has 5 N–H and O–H groups in total. The molecular weight excluding hydrogens is 459 g/mol. The van der Waals surface area contributed by atoms with E-state index >= 15 is 0 Å². The second-order valence-corrected chi connectivity index (χ2v) is 8.56. The molecular formula is C22H24F3N3O4S. The van der Waals surface area contributed by atoms with Crippen LogP contribution in [0.15, 0.2) is 52.6 Å². The second kappa shape index (κ2) is 11.6. The molecule has 0 saturated carbocycles. The van der Waals surface area contributed by atoms with Crippen molar-refractivity contribution in [2.45, 2.75) is 36.2 Å². The molecule has 1 saturated heterocycles. The lowest BCUT2D eigenvalue weighted by Gasteiger charge is -2.40. The maximum absolute atomic E-state index is 13.6. The number of hydrogen-bond acceptors (Lipinski definition) is 8. The van der Waals surface area contributed by atoms with Gasteiger partial charge in [-0.3, -0.25) is 4.99 Å². The van der Waals surface area contributed by atoms with Crippen LogP contribution < -0.4 is 5.84 Å². The molecule has 0 amide bonds. The molecule has 11 heteroatoms. The van der Waals surface area contributed by atoms with Crippen molar-refractivity contribution in [2.75, 3.05) is 12.4 Å². The lowest BCUT2D eigenvalue weighted by atomic mass is 9.98. The zero-order valence-electron chi connectivity index (χ0n) is 17.4. The van der Waals surface area contributed by atoms with Crippen LogP contribution in [-0.4, -0.2) is 69.4 Å². The summed E-state index contributed by atoms with van der Waals surface area (Å²) in [6.45, 7) is -0.512. The maximum atomic E-state index is 13.6. The van der Waals surface area contributed by atoms with Crippen LogP contribution in [0.1, 0.15) is 11.1 Å². The molecule has 3 unspecified atom stereocenters. The molecule has 0 radical (unpaired) electrons. The quantitative estimate of drug-likeness (QED) is 0.196. The van der Waals surface area contributed by atoms with Crippen molar-refractivity contribution >= 4 is 23.7 Å². The van der Waals surface area contributed by atoms with Crippen molar-refractivity contribution < 1.29 is 33.2 Å². The number of nitrogens with two attached hydrogens (primary N) is 1. The van der Waals surface area contributed by atoms with E-state index in [4.69, 9.17) is 10.6 Å². The number of nitrogens with zero attached hydrogens (tertiary/aromatic N) is 2. The molecule has 5 atom stereocenters. The van der Waals surface area contributed by atoms with Gasteiger partial charge in [-0.1, -0.05) is 30.3 Å². The summed E-state index contributed by atoms with van der Waals surface area (Å²) in [4.78, 5) is 4.11. The highest BCUT2D eigenvalue weighted by Crippen LogP contribution is 2.30. The molecule has 0 aromatic heterocycles. The van der Waals surface area contributed by atoms with Gasteiger partial charge >= 0.3 is 0 Å². The van der Waals surface area contributed by atoms with Crippen LogP contribution in [0.25, 0.3) is 0 Å². The molecule has 1 fully saturated rings. The molecule has 0 bridgehead atoms. The van der Waals surface area contributed by atoms with E-state index in [1.165, 1.54) is 11.8 Å². The third-order valence-electron chi connectivity index (χ3n) is 5.15. The van der Waals surface area contributed by atoms with Gasteiger partial charge in [0.2, 0.25) is 0 Å². The molecule has 2 aromatic rings. The molecule has 2 aromatic carbocycles. The number of aliphatic hydroxyl groups excluding tert-OH is 3. The highest BCUT2D eigenvalue weighted by Gasteiger charge is 2.44. The third-order valence-corrected chi connectivity index (χ3v) is 6.31. The number of hydrogen-bond donors (Lipinski definition) is 4. The smallest absolute Gasteiger partial charge is 0.194 e. The highest BCUT2D eigenvalue weighted by molar-refractivity contribution is 7.99. The lowest BCUT2D eigenvalue weighted by molar-refractivity contribution is -0.159. The number of thioether (sulfide) groups is 1. The van der Waals surface area contributed by atoms with E-state index in [1.54, 1.807) is 0 Å². The summed E-state index contributed by atoms with van der Waals surface area (Å²) >= 11 is 1.30. The van der Waals surface area contributed by atoms with Crippen molar-refractivity contribution in [3.05, 3.63) is 71.0 Å². The number of hydrazone groups is 1.